The number of hydrogen-bond donors (Lipinski definition) is 2. The SMILES string of the molecule is Cc1ccc(S(=O)(=O)Nc2ccc(C(=O)NC(C)C(C)C)c(Cl)c2)cc1. The monoisotopic (exact) mass is 394 g/mol. The smallest absolute Gasteiger partial charge is 0.261 e. The van der Waals surface area contributed by atoms with Crippen LogP contribution in [0.4, 0.5) is 5.69 Å². The van der Waals surface area contributed by atoms with Crippen molar-refractivity contribution in [2.45, 2.75) is 38.6 Å². The number of aryl methyl sites for hydroxylation is 1. The molecule has 0 saturated carbocycles. The van der Waals surface area contributed by atoms with Crippen LogP contribution in [0.1, 0.15) is 36.7 Å². The molecule has 2 N–H and O–H groups in total. The van der Waals surface area contributed by atoms with Gasteiger partial charge in [-0.25, -0.2) is 8.42 Å². The van der Waals surface area contributed by atoms with Crippen LogP contribution in [-0.4, -0.2) is 20.4 Å². The van der Waals surface area contributed by atoms with E-state index in [1.54, 1.807) is 12.1 Å². The Morgan fingerprint density at radius 3 is 2.19 bits per heavy atom. The summed E-state index contributed by atoms with van der Waals surface area (Å²) in [5.41, 5.74) is 1.57. The first-order valence-corrected chi connectivity index (χ1v) is 10.2. The van der Waals surface area contributed by atoms with Gasteiger partial charge in [-0.05, 0) is 50.1 Å². The minimum absolute atomic E-state index is 0.00159. The second kappa shape index (κ2) is 8.10. The van der Waals surface area contributed by atoms with Crippen molar-refractivity contribution in [2.75, 3.05) is 4.72 Å². The van der Waals surface area contributed by atoms with E-state index in [2.05, 4.69) is 10.0 Å². The number of carbonyl (C=O) groups excluding carboxylic acids is 1. The summed E-state index contributed by atoms with van der Waals surface area (Å²) in [5, 5.41) is 3.06. The highest BCUT2D eigenvalue weighted by atomic mass is 35.5. The first kappa shape index (κ1) is 20.3. The first-order chi connectivity index (χ1) is 12.1. The Morgan fingerprint density at radius 2 is 1.65 bits per heavy atom. The number of rotatable bonds is 6. The van der Waals surface area contributed by atoms with Crippen LogP contribution in [0.3, 0.4) is 0 Å². The molecular weight excluding hydrogens is 372 g/mol. The number of hydrogen-bond acceptors (Lipinski definition) is 3. The molecule has 0 fully saturated rings. The van der Waals surface area contributed by atoms with E-state index in [-0.39, 0.29) is 21.9 Å². The number of nitrogens with one attached hydrogen (secondary N) is 2. The molecule has 5 nitrogen and oxygen atoms in total. The third-order valence-electron chi connectivity index (χ3n) is 4.16. The van der Waals surface area contributed by atoms with Gasteiger partial charge in [0.05, 0.1) is 21.2 Å². The van der Waals surface area contributed by atoms with E-state index < -0.39 is 10.0 Å². The van der Waals surface area contributed by atoms with Gasteiger partial charge in [-0.2, -0.15) is 0 Å². The summed E-state index contributed by atoms with van der Waals surface area (Å²) in [7, 11) is -3.72. The summed E-state index contributed by atoms with van der Waals surface area (Å²) < 4.78 is 27.3. The van der Waals surface area contributed by atoms with E-state index in [0.717, 1.165) is 5.56 Å². The minimum atomic E-state index is -3.72. The van der Waals surface area contributed by atoms with Crippen LogP contribution in [0, 0.1) is 12.8 Å². The van der Waals surface area contributed by atoms with Gasteiger partial charge in [0.15, 0.2) is 0 Å². The van der Waals surface area contributed by atoms with Crippen molar-refractivity contribution >= 4 is 33.2 Å². The van der Waals surface area contributed by atoms with Gasteiger partial charge < -0.3 is 5.32 Å². The molecule has 0 aromatic heterocycles. The van der Waals surface area contributed by atoms with E-state index in [1.807, 2.05) is 27.7 Å². The van der Waals surface area contributed by atoms with E-state index in [0.29, 0.717) is 17.2 Å². The van der Waals surface area contributed by atoms with Crippen LogP contribution >= 0.6 is 11.6 Å². The maximum atomic E-state index is 12.4. The Hall–Kier alpha value is -2.05. The predicted octanol–water partition coefficient (Wildman–Crippen LogP) is 4.22. The van der Waals surface area contributed by atoms with Crippen molar-refractivity contribution in [3.63, 3.8) is 0 Å². The summed E-state index contributed by atoms with van der Waals surface area (Å²) in [5.74, 6) is 0.00228. The van der Waals surface area contributed by atoms with Gasteiger partial charge in [0.2, 0.25) is 0 Å². The number of anilines is 1. The van der Waals surface area contributed by atoms with E-state index in [4.69, 9.17) is 11.6 Å². The van der Waals surface area contributed by atoms with Crippen LogP contribution in [-0.2, 0) is 10.0 Å². The zero-order valence-corrected chi connectivity index (χ0v) is 16.8. The van der Waals surface area contributed by atoms with Crippen molar-refractivity contribution in [3.05, 3.63) is 58.6 Å². The lowest BCUT2D eigenvalue weighted by atomic mass is 10.1. The molecule has 0 heterocycles. The highest BCUT2D eigenvalue weighted by molar-refractivity contribution is 7.92. The molecule has 26 heavy (non-hydrogen) atoms. The number of halogens is 1. The Bertz CT molecular complexity index is 894. The first-order valence-electron chi connectivity index (χ1n) is 8.30. The van der Waals surface area contributed by atoms with Crippen molar-refractivity contribution in [1.29, 1.82) is 0 Å². The van der Waals surface area contributed by atoms with Crippen LogP contribution in [0.5, 0.6) is 0 Å². The third-order valence-corrected chi connectivity index (χ3v) is 5.87. The molecule has 2 aromatic carbocycles. The average Bonchev–Trinajstić information content (AvgIpc) is 2.54. The molecule has 1 atom stereocenters. The van der Waals surface area contributed by atoms with Crippen LogP contribution in [0.25, 0.3) is 0 Å². The summed E-state index contributed by atoms with van der Waals surface area (Å²) >= 11 is 6.19. The molecule has 0 spiro atoms. The molecule has 7 heteroatoms. The highest BCUT2D eigenvalue weighted by Crippen LogP contribution is 2.24. The van der Waals surface area contributed by atoms with Gasteiger partial charge in [0, 0.05) is 6.04 Å². The summed E-state index contributed by atoms with van der Waals surface area (Å²) in [6, 6.07) is 11.0. The molecule has 0 saturated heterocycles. The van der Waals surface area contributed by atoms with Crippen molar-refractivity contribution in [2.24, 2.45) is 5.92 Å². The maximum absolute atomic E-state index is 12.4. The molecule has 0 aliphatic carbocycles. The van der Waals surface area contributed by atoms with Gasteiger partial charge >= 0.3 is 0 Å². The number of amides is 1. The summed E-state index contributed by atoms with van der Waals surface area (Å²) in [6.45, 7) is 7.82. The molecule has 2 aromatic rings. The molecule has 1 unspecified atom stereocenters. The maximum Gasteiger partial charge on any atom is 0.261 e. The fourth-order valence-corrected chi connectivity index (χ4v) is 3.46. The topological polar surface area (TPSA) is 75.3 Å². The van der Waals surface area contributed by atoms with Gasteiger partial charge in [-0.15, -0.1) is 0 Å². The predicted molar refractivity (Wildman–Crippen MR) is 105 cm³/mol. The van der Waals surface area contributed by atoms with Crippen molar-refractivity contribution in [3.8, 4) is 0 Å². The van der Waals surface area contributed by atoms with E-state index in [1.165, 1.54) is 30.3 Å². The van der Waals surface area contributed by atoms with E-state index >= 15 is 0 Å². The molecule has 1 amide bonds. The highest BCUT2D eigenvalue weighted by Gasteiger charge is 2.18. The lowest BCUT2D eigenvalue weighted by molar-refractivity contribution is 0.0930. The van der Waals surface area contributed by atoms with Gasteiger partial charge in [-0.3, -0.25) is 9.52 Å². The van der Waals surface area contributed by atoms with Crippen LogP contribution in [0.15, 0.2) is 47.4 Å². The molecular formula is C19H23ClN2O3S. The fourth-order valence-electron chi connectivity index (χ4n) is 2.15. The lowest BCUT2D eigenvalue weighted by Gasteiger charge is -2.18. The van der Waals surface area contributed by atoms with E-state index in [9.17, 15) is 13.2 Å². The Balaban J connectivity index is 2.19. The van der Waals surface area contributed by atoms with Crippen molar-refractivity contribution in [1.82, 2.24) is 5.32 Å². The molecule has 0 radical (unpaired) electrons. The number of carbonyl (C=O) groups is 1. The normalized spacial score (nSPS) is 12.7. The van der Waals surface area contributed by atoms with Gasteiger partial charge in [-0.1, -0.05) is 43.1 Å². The van der Waals surface area contributed by atoms with Gasteiger partial charge in [0.1, 0.15) is 0 Å². The fraction of sp³-hybridized carbons (Fsp3) is 0.316. The second-order valence-corrected chi connectivity index (χ2v) is 8.71. The molecule has 140 valence electrons. The standard InChI is InChI=1S/C19H23ClN2O3S/c1-12(2)14(4)21-19(23)17-10-7-15(11-18(17)20)22-26(24,25)16-8-5-13(3)6-9-16/h5-12,14,22H,1-4H3,(H,21,23). The largest absolute Gasteiger partial charge is 0.349 e. The Labute approximate surface area is 159 Å². The average molecular weight is 395 g/mol. The molecule has 0 aliphatic rings. The van der Waals surface area contributed by atoms with Gasteiger partial charge in [0.25, 0.3) is 15.9 Å². The van der Waals surface area contributed by atoms with Crippen molar-refractivity contribution < 1.29 is 13.2 Å². The number of sulfonamides is 1. The molecule has 2 rings (SSSR count). The number of benzene rings is 2. The van der Waals surface area contributed by atoms with Crippen LogP contribution in [0.2, 0.25) is 5.02 Å². The summed E-state index contributed by atoms with van der Waals surface area (Å²) in [6.07, 6.45) is 0. The third kappa shape index (κ3) is 4.99. The minimum Gasteiger partial charge on any atom is -0.349 e. The zero-order chi connectivity index (χ0) is 19.5. The molecule has 0 bridgehead atoms. The Morgan fingerprint density at radius 1 is 1.04 bits per heavy atom. The second-order valence-electron chi connectivity index (χ2n) is 6.62. The quantitative estimate of drug-likeness (QED) is 0.770. The Kier molecular flexibility index (Phi) is 6.31. The molecule has 0 aliphatic heterocycles. The lowest BCUT2D eigenvalue weighted by Crippen LogP contribution is -2.36. The summed E-state index contributed by atoms with van der Waals surface area (Å²) in [4.78, 5) is 12.5. The zero-order valence-electron chi connectivity index (χ0n) is 15.2. The van der Waals surface area contributed by atoms with Crippen LogP contribution < -0.4 is 10.0 Å².